The van der Waals surface area contributed by atoms with Gasteiger partial charge in [-0.15, -0.1) is 0 Å². The summed E-state index contributed by atoms with van der Waals surface area (Å²) in [6, 6.07) is 19.7. The van der Waals surface area contributed by atoms with Crippen LogP contribution >= 0.6 is 0 Å². The van der Waals surface area contributed by atoms with E-state index in [4.69, 9.17) is 14.2 Å². The van der Waals surface area contributed by atoms with Crippen LogP contribution in [0.4, 0.5) is 0 Å². The fourth-order valence-electron chi connectivity index (χ4n) is 2.17. The first-order chi connectivity index (χ1) is 12.6. The average molecular weight is 349 g/mol. The minimum atomic E-state index is -0.720. The minimum Gasteiger partial charge on any atom is -0.479 e. The molecule has 5 heteroatoms. The number of aromatic nitrogens is 1. The number of ether oxygens (including phenoxy) is 3. The molecule has 26 heavy (non-hydrogen) atoms. The number of carbonyl (C=O) groups excluding carboxylic acids is 1. The Balaban J connectivity index is 1.56. The summed E-state index contributed by atoms with van der Waals surface area (Å²) in [7, 11) is 0. The molecule has 2 aromatic carbocycles. The predicted molar refractivity (Wildman–Crippen MR) is 97.7 cm³/mol. The highest BCUT2D eigenvalue weighted by molar-refractivity contribution is 5.77. The third-order valence-corrected chi connectivity index (χ3v) is 3.57. The standard InChI is InChI=1S/C21H19NO4/c1-15-6-8-17(9-7-15)24-16(2)21(23)26-19-12-10-18(11-13-19)25-20-5-3-4-14-22-20/h3-14,16H,1-2H3. The maximum atomic E-state index is 12.2. The predicted octanol–water partition coefficient (Wildman–Crippen LogP) is 4.56. The first-order valence-electron chi connectivity index (χ1n) is 8.24. The summed E-state index contributed by atoms with van der Waals surface area (Å²) in [5, 5.41) is 0. The molecule has 0 amide bonds. The van der Waals surface area contributed by atoms with E-state index in [9.17, 15) is 4.79 Å². The third-order valence-electron chi connectivity index (χ3n) is 3.57. The Morgan fingerprint density at radius 1 is 0.885 bits per heavy atom. The molecule has 1 unspecified atom stereocenters. The van der Waals surface area contributed by atoms with Crippen molar-refractivity contribution < 1.29 is 19.0 Å². The molecule has 5 nitrogen and oxygen atoms in total. The summed E-state index contributed by atoms with van der Waals surface area (Å²) >= 11 is 0. The van der Waals surface area contributed by atoms with E-state index in [1.54, 1.807) is 43.5 Å². The molecule has 1 atom stereocenters. The fraction of sp³-hybridized carbons (Fsp3) is 0.143. The zero-order chi connectivity index (χ0) is 18.4. The largest absolute Gasteiger partial charge is 0.479 e. The van der Waals surface area contributed by atoms with E-state index in [-0.39, 0.29) is 0 Å². The van der Waals surface area contributed by atoms with Gasteiger partial charge in [0.1, 0.15) is 17.2 Å². The molecule has 1 aromatic heterocycles. The van der Waals surface area contributed by atoms with Crippen LogP contribution in [0.5, 0.6) is 23.1 Å². The van der Waals surface area contributed by atoms with Crippen molar-refractivity contribution in [1.82, 2.24) is 4.98 Å². The van der Waals surface area contributed by atoms with Crippen LogP contribution in [0.25, 0.3) is 0 Å². The van der Waals surface area contributed by atoms with Crippen molar-refractivity contribution >= 4 is 5.97 Å². The van der Waals surface area contributed by atoms with Crippen LogP contribution in [0, 0.1) is 6.92 Å². The van der Waals surface area contributed by atoms with Crippen LogP contribution in [0.3, 0.4) is 0 Å². The number of rotatable bonds is 6. The number of aryl methyl sites for hydroxylation is 1. The van der Waals surface area contributed by atoms with Crippen molar-refractivity contribution in [2.75, 3.05) is 0 Å². The molecule has 0 saturated heterocycles. The molecular formula is C21H19NO4. The molecule has 0 bridgehead atoms. The second kappa shape index (κ2) is 8.16. The van der Waals surface area contributed by atoms with Crippen LogP contribution in [0.1, 0.15) is 12.5 Å². The molecule has 1 heterocycles. The van der Waals surface area contributed by atoms with Crippen molar-refractivity contribution in [1.29, 1.82) is 0 Å². The van der Waals surface area contributed by atoms with E-state index < -0.39 is 12.1 Å². The van der Waals surface area contributed by atoms with E-state index in [0.717, 1.165) is 5.56 Å². The molecule has 0 aliphatic carbocycles. The number of carbonyl (C=O) groups is 1. The number of hydrogen-bond acceptors (Lipinski definition) is 5. The van der Waals surface area contributed by atoms with Gasteiger partial charge < -0.3 is 14.2 Å². The Bertz CT molecular complexity index is 845. The number of nitrogens with zero attached hydrogens (tertiary/aromatic N) is 1. The Kier molecular flexibility index (Phi) is 5.49. The van der Waals surface area contributed by atoms with Gasteiger partial charge in [-0.2, -0.15) is 0 Å². The Morgan fingerprint density at radius 3 is 2.19 bits per heavy atom. The van der Waals surface area contributed by atoms with Gasteiger partial charge >= 0.3 is 5.97 Å². The summed E-state index contributed by atoms with van der Waals surface area (Å²) < 4.78 is 16.5. The summed E-state index contributed by atoms with van der Waals surface area (Å²) in [6.45, 7) is 3.64. The number of esters is 1. The molecule has 3 rings (SSSR count). The fourth-order valence-corrected chi connectivity index (χ4v) is 2.17. The first-order valence-corrected chi connectivity index (χ1v) is 8.24. The van der Waals surface area contributed by atoms with Gasteiger partial charge in [-0.05, 0) is 56.3 Å². The summed E-state index contributed by atoms with van der Waals surface area (Å²) in [5.41, 5.74) is 1.13. The minimum absolute atomic E-state index is 0.419. The van der Waals surface area contributed by atoms with Gasteiger partial charge in [0.05, 0.1) is 0 Å². The monoisotopic (exact) mass is 349 g/mol. The Morgan fingerprint density at radius 2 is 1.54 bits per heavy atom. The molecule has 0 radical (unpaired) electrons. The lowest BCUT2D eigenvalue weighted by molar-refractivity contribution is -0.141. The van der Waals surface area contributed by atoms with Crippen molar-refractivity contribution in [3.8, 4) is 23.1 Å². The van der Waals surface area contributed by atoms with Crippen molar-refractivity contribution in [3.63, 3.8) is 0 Å². The van der Waals surface area contributed by atoms with Gasteiger partial charge in [-0.3, -0.25) is 0 Å². The summed E-state index contributed by atoms with van der Waals surface area (Å²) in [6.07, 6.45) is 0.933. The normalized spacial score (nSPS) is 11.5. The lowest BCUT2D eigenvalue weighted by atomic mass is 10.2. The second-order valence-corrected chi connectivity index (χ2v) is 5.74. The zero-order valence-electron chi connectivity index (χ0n) is 14.6. The van der Waals surface area contributed by atoms with Crippen LogP contribution in [-0.2, 0) is 4.79 Å². The average Bonchev–Trinajstić information content (AvgIpc) is 2.66. The van der Waals surface area contributed by atoms with E-state index >= 15 is 0 Å². The molecule has 0 fully saturated rings. The highest BCUT2D eigenvalue weighted by atomic mass is 16.6. The number of pyridine rings is 1. The van der Waals surface area contributed by atoms with E-state index in [2.05, 4.69) is 4.98 Å². The van der Waals surface area contributed by atoms with Gasteiger partial charge in [-0.25, -0.2) is 9.78 Å². The van der Waals surface area contributed by atoms with Crippen molar-refractivity contribution in [2.45, 2.75) is 20.0 Å². The quantitative estimate of drug-likeness (QED) is 0.482. The van der Waals surface area contributed by atoms with Gasteiger partial charge in [0, 0.05) is 12.3 Å². The molecule has 0 saturated carbocycles. The second-order valence-electron chi connectivity index (χ2n) is 5.74. The topological polar surface area (TPSA) is 57.7 Å². The molecule has 0 spiro atoms. The van der Waals surface area contributed by atoms with Gasteiger partial charge in [0.2, 0.25) is 5.88 Å². The van der Waals surface area contributed by atoms with E-state index in [0.29, 0.717) is 23.1 Å². The first kappa shape index (κ1) is 17.5. The summed E-state index contributed by atoms with van der Waals surface area (Å²) in [5.74, 6) is 1.68. The highest BCUT2D eigenvalue weighted by Crippen LogP contribution is 2.22. The van der Waals surface area contributed by atoms with Crippen LogP contribution in [0.15, 0.2) is 72.9 Å². The SMILES string of the molecule is Cc1ccc(OC(C)C(=O)Oc2ccc(Oc3ccccn3)cc2)cc1. The zero-order valence-corrected chi connectivity index (χ0v) is 14.6. The number of hydrogen-bond donors (Lipinski definition) is 0. The Hall–Kier alpha value is -3.34. The van der Waals surface area contributed by atoms with Crippen molar-refractivity contribution in [3.05, 3.63) is 78.5 Å². The van der Waals surface area contributed by atoms with Crippen LogP contribution in [0.2, 0.25) is 0 Å². The van der Waals surface area contributed by atoms with Gasteiger partial charge in [-0.1, -0.05) is 23.8 Å². The molecule has 3 aromatic rings. The van der Waals surface area contributed by atoms with Gasteiger partial charge in [0.25, 0.3) is 0 Å². The lowest BCUT2D eigenvalue weighted by Crippen LogP contribution is -2.28. The van der Waals surface area contributed by atoms with Crippen LogP contribution < -0.4 is 14.2 Å². The molecular weight excluding hydrogens is 330 g/mol. The third kappa shape index (κ3) is 4.83. The van der Waals surface area contributed by atoms with Crippen molar-refractivity contribution in [2.24, 2.45) is 0 Å². The molecule has 0 aliphatic rings. The molecule has 0 N–H and O–H groups in total. The van der Waals surface area contributed by atoms with Crippen LogP contribution in [-0.4, -0.2) is 17.1 Å². The smallest absolute Gasteiger partial charge is 0.352 e. The highest BCUT2D eigenvalue weighted by Gasteiger charge is 2.17. The maximum Gasteiger partial charge on any atom is 0.352 e. The maximum absolute atomic E-state index is 12.2. The van der Waals surface area contributed by atoms with E-state index in [1.165, 1.54) is 0 Å². The Labute approximate surface area is 152 Å². The number of benzene rings is 2. The summed E-state index contributed by atoms with van der Waals surface area (Å²) in [4.78, 5) is 16.3. The van der Waals surface area contributed by atoms with E-state index in [1.807, 2.05) is 43.3 Å². The van der Waals surface area contributed by atoms with Gasteiger partial charge in [0.15, 0.2) is 6.10 Å². The molecule has 132 valence electrons. The lowest BCUT2D eigenvalue weighted by Gasteiger charge is -2.14. The molecule has 0 aliphatic heterocycles.